The molecule has 1 aliphatic heterocycles. The number of ether oxygens (including phenoxy) is 1. The fourth-order valence-electron chi connectivity index (χ4n) is 7.34. The third kappa shape index (κ3) is 4.23. The molecule has 0 spiro atoms. The molecule has 0 saturated carbocycles. The summed E-state index contributed by atoms with van der Waals surface area (Å²) >= 11 is 1.80. The first-order valence-electron chi connectivity index (χ1n) is 15.8. The standard InChI is InChI=1S/C39H38N2OSSi2/c1-39(2,3)28-23-22-25(44(4,5)34-20-13-21-35-36(34)42-32-18-10-11-19-33(32)45(35,6)7)24-27(28)26-14-12-17-31-37(26)43-38-40-29-15-8-9-16-30(29)41(31)38/h8-24H,1-7H3. The van der Waals surface area contributed by atoms with Crippen molar-refractivity contribution in [3.05, 3.63) is 109 Å². The molecule has 6 heteroatoms. The maximum absolute atomic E-state index is 6.82. The zero-order chi connectivity index (χ0) is 31.3. The fraction of sp³-hybridized carbons (Fsp3) is 0.205. The number of imidazole rings is 1. The molecule has 0 aliphatic carbocycles. The van der Waals surface area contributed by atoms with Crippen molar-refractivity contribution >= 4 is 74.4 Å². The molecule has 0 saturated heterocycles. The van der Waals surface area contributed by atoms with E-state index in [0.29, 0.717) is 0 Å². The first kappa shape index (κ1) is 28.5. The van der Waals surface area contributed by atoms with Gasteiger partial charge in [0.25, 0.3) is 0 Å². The first-order valence-corrected chi connectivity index (χ1v) is 22.6. The summed E-state index contributed by atoms with van der Waals surface area (Å²) in [6.45, 7) is 16.9. The van der Waals surface area contributed by atoms with Gasteiger partial charge in [-0.05, 0) is 56.4 Å². The highest BCUT2D eigenvalue weighted by Gasteiger charge is 2.40. The Morgan fingerprint density at radius 1 is 0.756 bits per heavy atom. The van der Waals surface area contributed by atoms with Gasteiger partial charge < -0.3 is 4.74 Å². The average Bonchev–Trinajstić information content (AvgIpc) is 3.56. The second-order valence-electron chi connectivity index (χ2n) is 14.5. The van der Waals surface area contributed by atoms with E-state index in [0.717, 1.165) is 27.5 Å². The molecule has 0 fully saturated rings. The van der Waals surface area contributed by atoms with Gasteiger partial charge >= 0.3 is 0 Å². The smallest absolute Gasteiger partial charge is 0.195 e. The van der Waals surface area contributed by atoms with Crippen molar-refractivity contribution in [1.29, 1.82) is 0 Å². The van der Waals surface area contributed by atoms with E-state index in [9.17, 15) is 0 Å². The van der Waals surface area contributed by atoms with Crippen LogP contribution in [0.4, 0.5) is 0 Å². The Kier molecular flexibility index (Phi) is 6.18. The summed E-state index contributed by atoms with van der Waals surface area (Å²) in [7, 11) is -4.11. The van der Waals surface area contributed by atoms with Crippen LogP contribution in [0, 0.1) is 0 Å². The molecule has 2 aromatic heterocycles. The van der Waals surface area contributed by atoms with Gasteiger partial charge in [0.1, 0.15) is 27.6 Å². The van der Waals surface area contributed by atoms with Crippen molar-refractivity contribution in [2.75, 3.05) is 0 Å². The van der Waals surface area contributed by atoms with E-state index in [1.165, 1.54) is 47.7 Å². The van der Waals surface area contributed by atoms with Crippen LogP contribution in [-0.2, 0) is 5.41 Å². The molecule has 45 heavy (non-hydrogen) atoms. The molecule has 1 aliphatic rings. The first-order chi connectivity index (χ1) is 21.5. The van der Waals surface area contributed by atoms with Crippen molar-refractivity contribution in [1.82, 2.24) is 9.38 Å². The highest BCUT2D eigenvalue weighted by atomic mass is 32.1. The van der Waals surface area contributed by atoms with E-state index in [1.807, 2.05) is 0 Å². The monoisotopic (exact) mass is 638 g/mol. The van der Waals surface area contributed by atoms with Crippen molar-refractivity contribution in [2.24, 2.45) is 0 Å². The minimum Gasteiger partial charge on any atom is -0.458 e. The zero-order valence-electron chi connectivity index (χ0n) is 27.0. The Morgan fingerprint density at radius 3 is 2.29 bits per heavy atom. The van der Waals surface area contributed by atoms with Gasteiger partial charge in [-0.15, -0.1) is 0 Å². The van der Waals surface area contributed by atoms with Crippen LogP contribution < -0.4 is 25.5 Å². The topological polar surface area (TPSA) is 26.5 Å². The van der Waals surface area contributed by atoms with Gasteiger partial charge in [-0.25, -0.2) is 4.98 Å². The molecule has 224 valence electrons. The molecule has 0 N–H and O–H groups in total. The van der Waals surface area contributed by atoms with Gasteiger partial charge in [0.15, 0.2) is 4.96 Å². The normalized spacial score (nSPS) is 14.5. The molecule has 3 heterocycles. The molecule has 8 rings (SSSR count). The van der Waals surface area contributed by atoms with Crippen LogP contribution in [0.15, 0.2) is 103 Å². The highest BCUT2D eigenvalue weighted by Crippen LogP contribution is 2.41. The van der Waals surface area contributed by atoms with Crippen LogP contribution in [-0.4, -0.2) is 25.5 Å². The Labute approximate surface area is 271 Å². The summed E-state index contributed by atoms with van der Waals surface area (Å²) in [5.41, 5.74) is 7.40. The number of aromatic nitrogens is 2. The summed E-state index contributed by atoms with van der Waals surface area (Å²) in [6.07, 6.45) is 0. The van der Waals surface area contributed by atoms with Crippen molar-refractivity contribution in [2.45, 2.75) is 52.4 Å². The molecule has 3 nitrogen and oxygen atoms in total. The fourth-order valence-corrected chi connectivity index (χ4v) is 14.0. The van der Waals surface area contributed by atoms with Gasteiger partial charge in [-0.3, -0.25) is 4.40 Å². The lowest BCUT2D eigenvalue weighted by Gasteiger charge is -2.37. The quantitative estimate of drug-likeness (QED) is 0.182. The molecule has 5 aromatic carbocycles. The van der Waals surface area contributed by atoms with E-state index in [-0.39, 0.29) is 5.41 Å². The van der Waals surface area contributed by atoms with Crippen molar-refractivity contribution < 1.29 is 4.74 Å². The summed E-state index contributed by atoms with van der Waals surface area (Å²) in [4.78, 5) is 6.04. The largest absolute Gasteiger partial charge is 0.458 e. The molecular formula is C39H38N2OSSi2. The summed E-state index contributed by atoms with van der Waals surface area (Å²) in [5.74, 6) is 2.14. The minimum absolute atomic E-state index is 0.0137. The zero-order valence-corrected chi connectivity index (χ0v) is 29.8. The van der Waals surface area contributed by atoms with Gasteiger partial charge in [0.2, 0.25) is 0 Å². The number of rotatable bonds is 3. The SMILES string of the molecule is CC(C)(C)c1ccc([Si](C)(C)c2cccc3c2Oc2ccccc2[Si]3(C)C)cc1-c1cccc2c1sc1nc3ccccc3n12. The summed E-state index contributed by atoms with van der Waals surface area (Å²) in [6, 6.07) is 38.1. The van der Waals surface area contributed by atoms with E-state index in [2.05, 4.69) is 154 Å². The predicted molar refractivity (Wildman–Crippen MR) is 199 cm³/mol. The van der Waals surface area contributed by atoms with Crippen LogP contribution >= 0.6 is 11.3 Å². The Bertz CT molecular complexity index is 2300. The molecule has 0 amide bonds. The Hall–Kier alpha value is -3.98. The predicted octanol–water partition coefficient (Wildman–Crippen LogP) is 8.42. The molecular weight excluding hydrogens is 601 g/mol. The molecule has 0 radical (unpaired) electrons. The van der Waals surface area contributed by atoms with E-state index in [4.69, 9.17) is 9.72 Å². The number of nitrogens with zero attached hydrogens (tertiary/aromatic N) is 2. The van der Waals surface area contributed by atoms with Crippen LogP contribution in [0.2, 0.25) is 26.2 Å². The van der Waals surface area contributed by atoms with Crippen LogP contribution in [0.1, 0.15) is 26.3 Å². The van der Waals surface area contributed by atoms with Crippen molar-refractivity contribution in [3.63, 3.8) is 0 Å². The third-order valence-corrected chi connectivity index (χ3v) is 18.0. The van der Waals surface area contributed by atoms with Gasteiger partial charge in [0, 0.05) is 5.56 Å². The second-order valence-corrected chi connectivity index (χ2v) is 24.2. The van der Waals surface area contributed by atoms with E-state index in [1.54, 1.807) is 11.3 Å². The second kappa shape index (κ2) is 9.76. The van der Waals surface area contributed by atoms with Crippen molar-refractivity contribution in [3.8, 4) is 22.6 Å². The molecule has 0 bridgehead atoms. The summed E-state index contributed by atoms with van der Waals surface area (Å²) in [5, 5.41) is 5.59. The maximum atomic E-state index is 6.82. The Balaban J connectivity index is 1.33. The highest BCUT2D eigenvalue weighted by molar-refractivity contribution is 7.24. The molecule has 7 aromatic rings. The molecule has 0 unspecified atom stereocenters. The van der Waals surface area contributed by atoms with Crippen LogP contribution in [0.25, 0.3) is 37.3 Å². The van der Waals surface area contributed by atoms with Crippen LogP contribution in [0.3, 0.4) is 0 Å². The third-order valence-electron chi connectivity index (χ3n) is 9.93. The number of para-hydroxylation sites is 4. The van der Waals surface area contributed by atoms with E-state index < -0.39 is 16.1 Å². The lowest BCUT2D eigenvalue weighted by Crippen LogP contribution is -2.60. The van der Waals surface area contributed by atoms with E-state index >= 15 is 0 Å². The average molecular weight is 639 g/mol. The number of thiazole rings is 1. The van der Waals surface area contributed by atoms with Gasteiger partial charge in [-0.2, -0.15) is 0 Å². The Morgan fingerprint density at radius 2 is 1.47 bits per heavy atom. The number of benzene rings is 5. The van der Waals surface area contributed by atoms with Crippen LogP contribution in [0.5, 0.6) is 11.5 Å². The molecule has 0 atom stereocenters. The minimum atomic E-state index is -2.20. The number of hydrogen-bond acceptors (Lipinski definition) is 3. The maximum Gasteiger partial charge on any atom is 0.195 e. The van der Waals surface area contributed by atoms with Gasteiger partial charge in [0.05, 0.1) is 21.3 Å². The lowest BCUT2D eigenvalue weighted by atomic mass is 9.82. The lowest BCUT2D eigenvalue weighted by molar-refractivity contribution is 0.490. The van der Waals surface area contributed by atoms with Gasteiger partial charge in [-0.1, -0.05) is 142 Å². The summed E-state index contributed by atoms with van der Waals surface area (Å²) < 4.78 is 10.4. The number of fused-ring (bicyclic) bond motifs is 7. The number of hydrogen-bond donors (Lipinski definition) is 0.